The van der Waals surface area contributed by atoms with Crippen LogP contribution in [0.5, 0.6) is 5.75 Å². The van der Waals surface area contributed by atoms with Crippen LogP contribution >= 0.6 is 0 Å². The molecular formula is C25H26N4O4. The lowest BCUT2D eigenvalue weighted by Gasteiger charge is -2.36. The van der Waals surface area contributed by atoms with Gasteiger partial charge in [-0.15, -0.1) is 0 Å². The van der Waals surface area contributed by atoms with E-state index in [9.17, 15) is 4.79 Å². The van der Waals surface area contributed by atoms with E-state index in [-0.39, 0.29) is 12.1 Å². The number of methoxy groups -OCH3 is 1. The topological polar surface area (TPSA) is 89.7 Å². The first-order valence-electron chi connectivity index (χ1n) is 11.1. The summed E-state index contributed by atoms with van der Waals surface area (Å²) in [6.07, 6.45) is 1.98. The predicted octanol–water partition coefficient (Wildman–Crippen LogP) is 4.42. The van der Waals surface area contributed by atoms with Gasteiger partial charge in [-0.2, -0.15) is 4.98 Å². The molecule has 8 heteroatoms. The number of rotatable bonds is 6. The summed E-state index contributed by atoms with van der Waals surface area (Å²) in [6.45, 7) is 3.15. The Labute approximate surface area is 192 Å². The summed E-state index contributed by atoms with van der Waals surface area (Å²) in [5.41, 5.74) is 3.33. The van der Waals surface area contributed by atoms with Crippen LogP contribution in [0.3, 0.4) is 0 Å². The summed E-state index contributed by atoms with van der Waals surface area (Å²) in [5.74, 6) is 1.61. The second kappa shape index (κ2) is 9.07. The fourth-order valence-corrected chi connectivity index (χ4v) is 4.36. The Morgan fingerprint density at radius 2 is 1.94 bits per heavy atom. The molecule has 3 heterocycles. The van der Waals surface area contributed by atoms with E-state index in [0.29, 0.717) is 18.3 Å². The first-order chi connectivity index (χ1) is 16.1. The number of nitrogens with one attached hydrogen (secondary N) is 1. The van der Waals surface area contributed by atoms with Crippen molar-refractivity contribution in [3.8, 4) is 17.1 Å². The van der Waals surface area contributed by atoms with Gasteiger partial charge in [0.15, 0.2) is 0 Å². The number of amides is 2. The molecule has 2 aliphatic rings. The van der Waals surface area contributed by atoms with Crippen molar-refractivity contribution in [1.82, 2.24) is 20.4 Å². The monoisotopic (exact) mass is 446 g/mol. The minimum absolute atomic E-state index is 0.0257. The van der Waals surface area contributed by atoms with Gasteiger partial charge in [-0.1, -0.05) is 35.5 Å². The molecule has 0 aliphatic carbocycles. The van der Waals surface area contributed by atoms with Gasteiger partial charge in [-0.3, -0.25) is 4.90 Å². The minimum atomic E-state index is -0.399. The summed E-state index contributed by atoms with van der Waals surface area (Å²) in [5, 5.41) is 7.34. The van der Waals surface area contributed by atoms with Gasteiger partial charge in [0.25, 0.3) is 5.89 Å². The number of benzene rings is 2. The molecule has 1 N–H and O–H groups in total. The third-order valence-corrected chi connectivity index (χ3v) is 6.14. The summed E-state index contributed by atoms with van der Waals surface area (Å²) < 4.78 is 16.7. The molecule has 8 nitrogen and oxygen atoms in total. The van der Waals surface area contributed by atoms with Crippen molar-refractivity contribution in [2.75, 3.05) is 20.3 Å². The molecule has 1 fully saturated rings. The zero-order chi connectivity index (χ0) is 22.8. The molecular weight excluding hydrogens is 420 g/mol. The number of urea groups is 1. The lowest BCUT2D eigenvalue weighted by Crippen LogP contribution is -2.48. The van der Waals surface area contributed by atoms with Gasteiger partial charge in [0.1, 0.15) is 5.75 Å². The molecule has 2 amide bonds. The van der Waals surface area contributed by atoms with Crippen LogP contribution in [-0.2, 0) is 4.74 Å². The molecule has 2 aromatic carbocycles. The Kier molecular flexibility index (Phi) is 5.83. The largest absolute Gasteiger partial charge is 0.497 e. The normalized spacial score (nSPS) is 20.8. The first-order valence-corrected chi connectivity index (χ1v) is 11.1. The highest BCUT2D eigenvalue weighted by Gasteiger charge is 2.37. The highest BCUT2D eigenvalue weighted by molar-refractivity contribution is 5.86. The predicted molar refractivity (Wildman–Crippen MR) is 122 cm³/mol. The molecule has 2 unspecified atom stereocenters. The number of allylic oxidation sites excluding steroid dienone is 1. The van der Waals surface area contributed by atoms with Crippen molar-refractivity contribution < 1.29 is 18.8 Å². The van der Waals surface area contributed by atoms with Crippen LogP contribution in [0, 0.1) is 0 Å². The van der Waals surface area contributed by atoms with Crippen molar-refractivity contribution in [1.29, 1.82) is 0 Å². The maximum Gasteiger partial charge on any atom is 0.322 e. The standard InChI is InChI=1S/C25H26N4O4/c1-16-21(24-27-23(28-33-24)18-10-12-19(31-2)13-11-18)22(17-7-4-3-5-8-17)26-25(30)29(16)15-20-9-6-14-32-20/h3-5,7-8,10-13,20,22H,6,9,14-15H2,1-2H3,(H,26,30). The van der Waals surface area contributed by atoms with Gasteiger partial charge in [0.05, 0.1) is 31.4 Å². The molecule has 33 heavy (non-hydrogen) atoms. The van der Waals surface area contributed by atoms with E-state index in [2.05, 4.69) is 10.5 Å². The van der Waals surface area contributed by atoms with Crippen molar-refractivity contribution >= 4 is 11.6 Å². The second-order valence-corrected chi connectivity index (χ2v) is 8.19. The molecule has 0 saturated carbocycles. The fourth-order valence-electron chi connectivity index (χ4n) is 4.36. The number of ether oxygens (including phenoxy) is 2. The Balaban J connectivity index is 1.54. The maximum absolute atomic E-state index is 13.1. The van der Waals surface area contributed by atoms with Crippen molar-refractivity contribution in [3.63, 3.8) is 0 Å². The Bertz CT molecular complexity index is 1150. The van der Waals surface area contributed by atoms with Crippen LogP contribution in [0.15, 0.2) is 64.8 Å². The van der Waals surface area contributed by atoms with Crippen molar-refractivity contribution in [2.24, 2.45) is 0 Å². The molecule has 2 aliphatic heterocycles. The molecule has 1 aromatic heterocycles. The number of hydrogen-bond acceptors (Lipinski definition) is 6. The number of aromatic nitrogens is 2. The number of nitrogens with zero attached hydrogens (tertiary/aromatic N) is 3. The van der Waals surface area contributed by atoms with E-state index < -0.39 is 6.04 Å². The van der Waals surface area contributed by atoms with E-state index in [4.69, 9.17) is 19.0 Å². The average molecular weight is 447 g/mol. The van der Waals surface area contributed by atoms with E-state index in [1.807, 2.05) is 61.5 Å². The SMILES string of the molecule is COc1ccc(-c2noc(C3=C(C)N(CC4CCCO4)C(=O)NC3c3ccccc3)n2)cc1. The summed E-state index contributed by atoms with van der Waals surface area (Å²) in [6, 6.07) is 16.7. The number of carbonyl (C=O) groups is 1. The van der Waals surface area contributed by atoms with Crippen LogP contribution in [0.2, 0.25) is 0 Å². The molecule has 170 valence electrons. The van der Waals surface area contributed by atoms with Crippen molar-refractivity contribution in [3.05, 3.63) is 71.7 Å². The lowest BCUT2D eigenvalue weighted by molar-refractivity contribution is 0.0877. The number of carbonyl (C=O) groups excluding carboxylic acids is 1. The molecule has 2 atom stereocenters. The van der Waals surface area contributed by atoms with Crippen molar-refractivity contribution in [2.45, 2.75) is 31.9 Å². The van der Waals surface area contributed by atoms with Gasteiger partial charge in [0.2, 0.25) is 5.82 Å². The van der Waals surface area contributed by atoms with Gasteiger partial charge in [-0.25, -0.2) is 4.79 Å². The highest BCUT2D eigenvalue weighted by Crippen LogP contribution is 2.37. The van der Waals surface area contributed by atoms with Crippen LogP contribution < -0.4 is 10.1 Å². The minimum Gasteiger partial charge on any atom is -0.497 e. The lowest BCUT2D eigenvalue weighted by atomic mass is 9.94. The summed E-state index contributed by atoms with van der Waals surface area (Å²) >= 11 is 0. The summed E-state index contributed by atoms with van der Waals surface area (Å²) in [4.78, 5) is 19.5. The zero-order valence-corrected chi connectivity index (χ0v) is 18.7. The van der Waals surface area contributed by atoms with Crippen LogP contribution in [0.4, 0.5) is 4.79 Å². The highest BCUT2D eigenvalue weighted by atomic mass is 16.5. The van der Waals surface area contributed by atoms with Gasteiger partial charge >= 0.3 is 6.03 Å². The maximum atomic E-state index is 13.1. The fraction of sp³-hybridized carbons (Fsp3) is 0.320. The summed E-state index contributed by atoms with van der Waals surface area (Å²) in [7, 11) is 1.63. The van der Waals surface area contributed by atoms with Gasteiger partial charge in [-0.05, 0) is 49.6 Å². The quantitative estimate of drug-likeness (QED) is 0.603. The van der Waals surface area contributed by atoms with E-state index in [1.54, 1.807) is 12.0 Å². The van der Waals surface area contributed by atoms with Gasteiger partial charge < -0.3 is 19.3 Å². The van der Waals surface area contributed by atoms with E-state index in [1.165, 1.54) is 0 Å². The first kappa shape index (κ1) is 21.2. The molecule has 0 bridgehead atoms. The Hall–Kier alpha value is -3.65. The van der Waals surface area contributed by atoms with E-state index in [0.717, 1.165) is 47.6 Å². The zero-order valence-electron chi connectivity index (χ0n) is 18.7. The number of hydrogen-bond donors (Lipinski definition) is 1. The van der Waals surface area contributed by atoms with Gasteiger partial charge in [0, 0.05) is 17.9 Å². The van der Waals surface area contributed by atoms with Crippen LogP contribution in [0.25, 0.3) is 17.0 Å². The third kappa shape index (κ3) is 4.21. The van der Waals surface area contributed by atoms with Crippen LogP contribution in [-0.4, -0.2) is 47.4 Å². The second-order valence-electron chi connectivity index (χ2n) is 8.19. The third-order valence-electron chi connectivity index (χ3n) is 6.14. The van der Waals surface area contributed by atoms with E-state index >= 15 is 0 Å². The Morgan fingerprint density at radius 1 is 1.15 bits per heavy atom. The molecule has 0 radical (unpaired) electrons. The Morgan fingerprint density at radius 3 is 2.64 bits per heavy atom. The molecule has 5 rings (SSSR count). The van der Waals surface area contributed by atoms with Crippen LogP contribution in [0.1, 0.15) is 37.3 Å². The average Bonchev–Trinajstić information content (AvgIpc) is 3.54. The molecule has 1 saturated heterocycles. The smallest absolute Gasteiger partial charge is 0.322 e. The molecule has 3 aromatic rings. The molecule has 0 spiro atoms.